The van der Waals surface area contributed by atoms with E-state index in [1.807, 2.05) is 6.07 Å². The van der Waals surface area contributed by atoms with Gasteiger partial charge in [0.25, 0.3) is 0 Å². The van der Waals surface area contributed by atoms with Gasteiger partial charge in [0, 0.05) is 30.7 Å². The van der Waals surface area contributed by atoms with Crippen molar-refractivity contribution in [3.63, 3.8) is 0 Å². The molecule has 0 spiro atoms. The van der Waals surface area contributed by atoms with Crippen molar-refractivity contribution in [2.24, 2.45) is 0 Å². The van der Waals surface area contributed by atoms with Crippen LogP contribution in [0.1, 0.15) is 33.3 Å². The Balaban J connectivity index is 1.93. The van der Waals surface area contributed by atoms with Gasteiger partial charge in [-0.25, -0.2) is 14.5 Å². The summed E-state index contributed by atoms with van der Waals surface area (Å²) in [6.07, 6.45) is 4.47. The number of carbonyl (C=O) groups is 2. The highest BCUT2D eigenvalue weighted by molar-refractivity contribution is 5.85. The van der Waals surface area contributed by atoms with E-state index < -0.39 is 17.7 Å². The summed E-state index contributed by atoms with van der Waals surface area (Å²) in [7, 11) is 0. The van der Waals surface area contributed by atoms with Crippen LogP contribution in [0.15, 0.2) is 36.8 Å². The molecule has 0 fully saturated rings. The van der Waals surface area contributed by atoms with Gasteiger partial charge in [-0.05, 0) is 39.8 Å². The van der Waals surface area contributed by atoms with Gasteiger partial charge < -0.3 is 15.4 Å². The third kappa shape index (κ3) is 5.59. The Morgan fingerprint density at radius 3 is 2.68 bits per heavy atom. The summed E-state index contributed by atoms with van der Waals surface area (Å²) in [5.74, 6) is 0.321. The lowest BCUT2D eigenvalue weighted by Crippen LogP contribution is -2.46. The van der Waals surface area contributed by atoms with Crippen molar-refractivity contribution in [1.82, 2.24) is 25.4 Å². The van der Waals surface area contributed by atoms with Crippen LogP contribution in [0.5, 0.6) is 0 Å². The highest BCUT2D eigenvalue weighted by Crippen LogP contribution is 2.10. The number of ether oxygens (including phenoxy) is 1. The van der Waals surface area contributed by atoms with Gasteiger partial charge in [-0.2, -0.15) is 5.10 Å². The molecule has 1 unspecified atom stereocenters. The Bertz CT molecular complexity index is 722. The number of rotatable bonds is 5. The molecule has 2 rings (SSSR count). The quantitative estimate of drug-likeness (QED) is 0.861. The number of alkyl carbamates (subject to hydrolysis) is 1. The number of hydrogen-bond donors (Lipinski definition) is 2. The van der Waals surface area contributed by atoms with E-state index >= 15 is 0 Å². The second kappa shape index (κ2) is 7.78. The van der Waals surface area contributed by atoms with E-state index in [9.17, 15) is 9.59 Å². The van der Waals surface area contributed by atoms with E-state index in [2.05, 4.69) is 20.7 Å². The molecule has 8 nitrogen and oxygen atoms in total. The number of nitrogens with one attached hydrogen (secondary N) is 2. The summed E-state index contributed by atoms with van der Waals surface area (Å²) in [5.41, 5.74) is 0.193. The predicted octanol–water partition coefficient (Wildman–Crippen LogP) is 1.80. The van der Waals surface area contributed by atoms with Crippen molar-refractivity contribution in [3.05, 3.63) is 42.4 Å². The van der Waals surface area contributed by atoms with Crippen LogP contribution in [-0.2, 0) is 16.1 Å². The first-order valence-electron chi connectivity index (χ1n) is 7.97. The maximum atomic E-state index is 12.2. The van der Waals surface area contributed by atoms with Crippen molar-refractivity contribution in [3.8, 4) is 5.82 Å². The predicted molar refractivity (Wildman–Crippen MR) is 92.0 cm³/mol. The van der Waals surface area contributed by atoms with E-state index in [0.717, 1.165) is 5.56 Å². The summed E-state index contributed by atoms with van der Waals surface area (Å²) in [6.45, 7) is 7.14. The summed E-state index contributed by atoms with van der Waals surface area (Å²) < 4.78 is 6.77. The van der Waals surface area contributed by atoms with E-state index in [-0.39, 0.29) is 12.5 Å². The molecule has 0 aliphatic carbocycles. The van der Waals surface area contributed by atoms with Gasteiger partial charge in [0.15, 0.2) is 5.82 Å². The zero-order valence-electron chi connectivity index (χ0n) is 14.8. The molecule has 0 saturated heterocycles. The molecule has 1 atom stereocenters. The Kier molecular flexibility index (Phi) is 5.74. The maximum absolute atomic E-state index is 12.2. The number of amides is 2. The van der Waals surface area contributed by atoms with Gasteiger partial charge in [-0.1, -0.05) is 6.07 Å². The first-order chi connectivity index (χ1) is 11.8. The van der Waals surface area contributed by atoms with Crippen LogP contribution in [0.4, 0.5) is 4.79 Å². The molecule has 2 heterocycles. The molecule has 2 amide bonds. The Morgan fingerprint density at radius 2 is 2.04 bits per heavy atom. The largest absolute Gasteiger partial charge is 0.444 e. The second-order valence-electron chi connectivity index (χ2n) is 6.52. The number of nitrogens with zero attached hydrogens (tertiary/aromatic N) is 3. The van der Waals surface area contributed by atoms with Crippen molar-refractivity contribution >= 4 is 12.0 Å². The lowest BCUT2D eigenvalue weighted by molar-refractivity contribution is -0.122. The molecule has 2 aromatic rings. The molecule has 2 aromatic heterocycles. The zero-order chi connectivity index (χ0) is 18.4. The molecule has 8 heteroatoms. The third-order valence-electron chi connectivity index (χ3n) is 3.17. The summed E-state index contributed by atoms with van der Waals surface area (Å²) in [4.78, 5) is 28.2. The molecule has 0 aliphatic heterocycles. The first-order valence-corrected chi connectivity index (χ1v) is 7.97. The first kappa shape index (κ1) is 18.4. The molecule has 0 bridgehead atoms. The Hall–Kier alpha value is -2.90. The minimum Gasteiger partial charge on any atom is -0.444 e. The van der Waals surface area contributed by atoms with E-state index in [1.165, 1.54) is 0 Å². The minimum atomic E-state index is -0.723. The van der Waals surface area contributed by atoms with Crippen molar-refractivity contribution in [2.75, 3.05) is 0 Å². The molecule has 0 saturated carbocycles. The van der Waals surface area contributed by atoms with Gasteiger partial charge in [0.2, 0.25) is 5.91 Å². The topological polar surface area (TPSA) is 98.1 Å². The summed E-state index contributed by atoms with van der Waals surface area (Å²) >= 11 is 0. The fraction of sp³-hybridized carbons (Fsp3) is 0.412. The summed E-state index contributed by atoms with van der Waals surface area (Å²) in [6, 6.07) is 4.72. The second-order valence-corrected chi connectivity index (χ2v) is 6.52. The molecule has 2 N–H and O–H groups in total. The monoisotopic (exact) mass is 345 g/mol. The van der Waals surface area contributed by atoms with Crippen LogP contribution >= 0.6 is 0 Å². The van der Waals surface area contributed by atoms with Crippen LogP contribution in [0.2, 0.25) is 0 Å². The van der Waals surface area contributed by atoms with Gasteiger partial charge in [-0.15, -0.1) is 0 Å². The highest BCUT2D eigenvalue weighted by Gasteiger charge is 2.21. The average Bonchev–Trinajstić information content (AvgIpc) is 3.05. The molecule has 134 valence electrons. The van der Waals surface area contributed by atoms with Crippen LogP contribution in [0.25, 0.3) is 5.82 Å². The standard InChI is InChI=1S/C17H23N5O3/c1-12(21-16(24)25-17(2,3)4)15(23)19-11-13-7-5-8-18-14(13)22-10-6-9-20-22/h5-10,12H,11H2,1-4H3,(H,19,23)(H,21,24). The fourth-order valence-corrected chi connectivity index (χ4v) is 2.05. The average molecular weight is 345 g/mol. The van der Waals surface area contributed by atoms with E-state index in [1.54, 1.807) is 63.1 Å². The lowest BCUT2D eigenvalue weighted by atomic mass is 10.2. The van der Waals surface area contributed by atoms with Crippen LogP contribution in [0.3, 0.4) is 0 Å². The molecular formula is C17H23N5O3. The number of carbonyl (C=O) groups excluding carboxylic acids is 2. The van der Waals surface area contributed by atoms with Gasteiger partial charge in [0.1, 0.15) is 11.6 Å². The molecule has 0 aromatic carbocycles. The smallest absolute Gasteiger partial charge is 0.408 e. The minimum absolute atomic E-state index is 0.266. The number of hydrogen-bond acceptors (Lipinski definition) is 5. The van der Waals surface area contributed by atoms with Crippen LogP contribution in [-0.4, -0.2) is 38.4 Å². The van der Waals surface area contributed by atoms with E-state index in [0.29, 0.717) is 5.82 Å². The van der Waals surface area contributed by atoms with Crippen molar-refractivity contribution in [1.29, 1.82) is 0 Å². The van der Waals surface area contributed by atoms with Crippen LogP contribution in [0, 0.1) is 0 Å². The van der Waals surface area contributed by atoms with Crippen molar-refractivity contribution in [2.45, 2.75) is 45.9 Å². The number of aromatic nitrogens is 3. The highest BCUT2D eigenvalue weighted by atomic mass is 16.6. The lowest BCUT2D eigenvalue weighted by Gasteiger charge is -2.21. The number of pyridine rings is 1. The van der Waals surface area contributed by atoms with Gasteiger partial charge in [0.05, 0.1) is 0 Å². The van der Waals surface area contributed by atoms with Crippen molar-refractivity contribution < 1.29 is 14.3 Å². The molecular weight excluding hydrogens is 322 g/mol. The fourth-order valence-electron chi connectivity index (χ4n) is 2.05. The Morgan fingerprint density at radius 1 is 1.28 bits per heavy atom. The maximum Gasteiger partial charge on any atom is 0.408 e. The Labute approximate surface area is 146 Å². The zero-order valence-corrected chi connectivity index (χ0v) is 14.8. The SMILES string of the molecule is CC(NC(=O)OC(C)(C)C)C(=O)NCc1cccnc1-n1cccn1. The summed E-state index contributed by atoms with van der Waals surface area (Å²) in [5, 5.41) is 9.44. The molecule has 0 aliphatic rings. The molecule has 25 heavy (non-hydrogen) atoms. The van der Waals surface area contributed by atoms with E-state index in [4.69, 9.17) is 4.74 Å². The third-order valence-corrected chi connectivity index (χ3v) is 3.17. The van der Waals surface area contributed by atoms with Gasteiger partial charge in [-0.3, -0.25) is 4.79 Å². The normalized spacial score (nSPS) is 12.3. The van der Waals surface area contributed by atoms with Crippen LogP contribution < -0.4 is 10.6 Å². The van der Waals surface area contributed by atoms with Gasteiger partial charge >= 0.3 is 6.09 Å². The molecule has 0 radical (unpaired) electrons.